The molecule has 0 amide bonds. The minimum atomic E-state index is 0. The van der Waals surface area contributed by atoms with E-state index in [1.54, 1.807) is 0 Å². The molecule has 0 aromatic heterocycles. The van der Waals surface area contributed by atoms with Gasteiger partial charge in [-0.3, -0.25) is 4.99 Å². The van der Waals surface area contributed by atoms with Gasteiger partial charge in [-0.15, -0.1) is 24.0 Å². The molecule has 1 aliphatic rings. The summed E-state index contributed by atoms with van der Waals surface area (Å²) in [6.07, 6.45) is 4.16. The van der Waals surface area contributed by atoms with E-state index in [0.717, 1.165) is 82.2 Å². The zero-order valence-corrected chi connectivity index (χ0v) is 21.1. The van der Waals surface area contributed by atoms with Crippen LogP contribution in [0.3, 0.4) is 0 Å². The Bertz CT molecular complexity index is 563. The number of halogens is 2. The maximum Gasteiger partial charge on any atom is 0.191 e. The molecular formula is C21H35BrIN3O2. The third-order valence-corrected chi connectivity index (χ3v) is 5.53. The molecule has 0 aliphatic carbocycles. The Kier molecular flexibility index (Phi) is 13.4. The van der Waals surface area contributed by atoms with Gasteiger partial charge in [0.25, 0.3) is 0 Å². The molecule has 0 spiro atoms. The number of hydrogen-bond acceptors (Lipinski definition) is 3. The van der Waals surface area contributed by atoms with E-state index >= 15 is 0 Å². The minimum Gasteiger partial charge on any atom is -0.382 e. The highest BCUT2D eigenvalue weighted by molar-refractivity contribution is 14.0. The van der Waals surface area contributed by atoms with Gasteiger partial charge in [0, 0.05) is 49.4 Å². The third kappa shape index (κ3) is 8.55. The lowest BCUT2D eigenvalue weighted by Gasteiger charge is -2.36. The summed E-state index contributed by atoms with van der Waals surface area (Å²) in [5, 5.41) is 6.83. The molecule has 1 fully saturated rings. The number of aliphatic imine (C=N–C) groups is 1. The summed E-state index contributed by atoms with van der Waals surface area (Å²) in [5.74, 6) is 0.900. The van der Waals surface area contributed by atoms with Crippen molar-refractivity contribution in [2.75, 3.05) is 46.1 Å². The summed E-state index contributed by atoms with van der Waals surface area (Å²) in [7, 11) is 0. The normalized spacial score (nSPS) is 16.3. The topological polar surface area (TPSA) is 54.9 Å². The first-order valence-corrected chi connectivity index (χ1v) is 10.9. The van der Waals surface area contributed by atoms with Gasteiger partial charge in [0.1, 0.15) is 0 Å². The summed E-state index contributed by atoms with van der Waals surface area (Å²) < 4.78 is 12.1. The predicted molar refractivity (Wildman–Crippen MR) is 131 cm³/mol. The molecule has 7 heteroatoms. The van der Waals surface area contributed by atoms with Crippen LogP contribution in [0.1, 0.15) is 45.1 Å². The second-order valence-corrected chi connectivity index (χ2v) is 7.84. The Balaban J connectivity index is 0.00000392. The number of guanidine groups is 1. The molecule has 1 aromatic rings. The highest BCUT2D eigenvalue weighted by Crippen LogP contribution is 2.35. The van der Waals surface area contributed by atoms with Crippen molar-refractivity contribution >= 4 is 45.9 Å². The van der Waals surface area contributed by atoms with Crippen molar-refractivity contribution in [3.63, 3.8) is 0 Å². The molecule has 2 N–H and O–H groups in total. The molecule has 0 bridgehead atoms. The van der Waals surface area contributed by atoms with E-state index in [1.165, 1.54) is 5.56 Å². The molecule has 1 saturated heterocycles. The first-order chi connectivity index (χ1) is 13.2. The molecule has 1 heterocycles. The van der Waals surface area contributed by atoms with Gasteiger partial charge in [0.15, 0.2) is 5.96 Å². The van der Waals surface area contributed by atoms with Gasteiger partial charge < -0.3 is 20.1 Å². The largest absolute Gasteiger partial charge is 0.382 e. The van der Waals surface area contributed by atoms with Gasteiger partial charge in [-0.2, -0.15) is 0 Å². The Hall–Kier alpha value is -0.380. The fourth-order valence-corrected chi connectivity index (χ4v) is 3.62. The van der Waals surface area contributed by atoms with Crippen LogP contribution in [0.4, 0.5) is 0 Å². The molecule has 0 atom stereocenters. The van der Waals surface area contributed by atoms with E-state index < -0.39 is 0 Å². The van der Waals surface area contributed by atoms with Crippen LogP contribution in [0.15, 0.2) is 33.7 Å². The lowest BCUT2D eigenvalue weighted by atomic mass is 9.74. The van der Waals surface area contributed by atoms with Crippen LogP contribution < -0.4 is 10.6 Å². The average Bonchev–Trinajstić information content (AvgIpc) is 2.70. The van der Waals surface area contributed by atoms with Crippen molar-refractivity contribution in [2.45, 2.75) is 44.9 Å². The summed E-state index contributed by atoms with van der Waals surface area (Å²) in [4.78, 5) is 4.94. The molecule has 1 aromatic carbocycles. The zero-order chi connectivity index (χ0) is 19.4. The highest BCUT2D eigenvalue weighted by atomic mass is 127. The van der Waals surface area contributed by atoms with Gasteiger partial charge in [-0.05, 0) is 57.2 Å². The molecule has 5 nitrogen and oxygen atoms in total. The molecule has 2 rings (SSSR count). The smallest absolute Gasteiger partial charge is 0.191 e. The van der Waals surface area contributed by atoms with Crippen molar-refractivity contribution in [2.24, 2.45) is 4.99 Å². The molecule has 1 aliphatic heterocycles. The SMILES string of the molecule is CCNC(=NCC1(c2ccc(Br)cc2)CCOCC1)NCCCCOCC.I. The van der Waals surface area contributed by atoms with Gasteiger partial charge in [0.2, 0.25) is 0 Å². The Labute approximate surface area is 195 Å². The lowest BCUT2D eigenvalue weighted by Crippen LogP contribution is -2.41. The second-order valence-electron chi connectivity index (χ2n) is 6.93. The van der Waals surface area contributed by atoms with Gasteiger partial charge >= 0.3 is 0 Å². The van der Waals surface area contributed by atoms with E-state index in [-0.39, 0.29) is 29.4 Å². The molecular weight excluding hydrogens is 533 g/mol. The quantitative estimate of drug-likeness (QED) is 0.189. The summed E-state index contributed by atoms with van der Waals surface area (Å²) in [5.41, 5.74) is 1.40. The van der Waals surface area contributed by atoms with Crippen molar-refractivity contribution in [3.8, 4) is 0 Å². The monoisotopic (exact) mass is 567 g/mol. The van der Waals surface area contributed by atoms with Crippen LogP contribution in [0, 0.1) is 0 Å². The van der Waals surface area contributed by atoms with Crippen LogP contribution in [0.2, 0.25) is 0 Å². The van der Waals surface area contributed by atoms with E-state index in [4.69, 9.17) is 14.5 Å². The number of nitrogens with zero attached hydrogens (tertiary/aromatic N) is 1. The zero-order valence-electron chi connectivity index (χ0n) is 17.1. The van der Waals surface area contributed by atoms with Crippen molar-refractivity contribution in [1.82, 2.24) is 10.6 Å². The van der Waals surface area contributed by atoms with Crippen molar-refractivity contribution < 1.29 is 9.47 Å². The molecule has 0 unspecified atom stereocenters. The van der Waals surface area contributed by atoms with Gasteiger partial charge in [0.05, 0.1) is 6.54 Å². The molecule has 0 radical (unpaired) electrons. The maximum absolute atomic E-state index is 5.64. The van der Waals surface area contributed by atoms with Crippen molar-refractivity contribution in [1.29, 1.82) is 0 Å². The van der Waals surface area contributed by atoms with Crippen LogP contribution in [0.25, 0.3) is 0 Å². The highest BCUT2D eigenvalue weighted by Gasteiger charge is 2.34. The molecule has 160 valence electrons. The average molecular weight is 568 g/mol. The van der Waals surface area contributed by atoms with Crippen LogP contribution in [-0.2, 0) is 14.9 Å². The number of benzene rings is 1. The van der Waals surface area contributed by atoms with Gasteiger partial charge in [-0.25, -0.2) is 0 Å². The predicted octanol–water partition coefficient (Wildman–Crippen LogP) is 4.49. The first-order valence-electron chi connectivity index (χ1n) is 10.1. The van der Waals surface area contributed by atoms with E-state index in [0.29, 0.717) is 0 Å². The Morgan fingerprint density at radius 3 is 2.50 bits per heavy atom. The number of ether oxygens (including phenoxy) is 2. The summed E-state index contributed by atoms with van der Waals surface area (Å²) in [6, 6.07) is 8.69. The Morgan fingerprint density at radius 1 is 1.14 bits per heavy atom. The van der Waals surface area contributed by atoms with E-state index in [1.807, 2.05) is 6.92 Å². The van der Waals surface area contributed by atoms with Crippen LogP contribution in [-0.4, -0.2) is 52.0 Å². The maximum atomic E-state index is 5.64. The fraction of sp³-hybridized carbons (Fsp3) is 0.667. The number of rotatable bonds is 10. The standard InChI is InChI=1S/C21H34BrN3O2.HI/c1-3-23-20(24-13-5-6-14-26-4-2)25-17-21(11-15-27-16-12-21)18-7-9-19(22)10-8-18;/h7-10H,3-6,11-17H2,1-2H3,(H2,23,24,25);1H. The lowest BCUT2D eigenvalue weighted by molar-refractivity contribution is 0.0531. The number of unbranched alkanes of at least 4 members (excludes halogenated alkanes) is 1. The summed E-state index contributed by atoms with van der Waals surface area (Å²) in [6.45, 7) is 9.90. The molecule has 28 heavy (non-hydrogen) atoms. The third-order valence-electron chi connectivity index (χ3n) is 5.00. The van der Waals surface area contributed by atoms with E-state index in [2.05, 4.69) is 57.8 Å². The number of nitrogens with one attached hydrogen (secondary N) is 2. The first kappa shape index (κ1) is 25.7. The van der Waals surface area contributed by atoms with Crippen molar-refractivity contribution in [3.05, 3.63) is 34.3 Å². The fourth-order valence-electron chi connectivity index (χ4n) is 3.36. The van der Waals surface area contributed by atoms with E-state index in [9.17, 15) is 0 Å². The minimum absolute atomic E-state index is 0. The number of hydrogen-bond donors (Lipinski definition) is 2. The van der Waals surface area contributed by atoms with Crippen LogP contribution in [0.5, 0.6) is 0 Å². The summed E-state index contributed by atoms with van der Waals surface area (Å²) >= 11 is 3.54. The Morgan fingerprint density at radius 2 is 1.86 bits per heavy atom. The van der Waals surface area contributed by atoms with Crippen LogP contribution >= 0.6 is 39.9 Å². The molecule has 0 saturated carbocycles. The van der Waals surface area contributed by atoms with Gasteiger partial charge in [-0.1, -0.05) is 28.1 Å². The second kappa shape index (κ2) is 14.6.